The van der Waals surface area contributed by atoms with Gasteiger partial charge < -0.3 is 4.90 Å². The first-order valence-corrected chi connectivity index (χ1v) is 9.32. The molecule has 0 N–H and O–H groups in total. The number of thiazole rings is 1. The molecule has 0 radical (unpaired) electrons. The summed E-state index contributed by atoms with van der Waals surface area (Å²) in [6.07, 6.45) is 8.59. The van der Waals surface area contributed by atoms with Gasteiger partial charge in [0.1, 0.15) is 12.1 Å². The van der Waals surface area contributed by atoms with E-state index in [2.05, 4.69) is 31.7 Å². The standard InChI is InChI=1S/C17H23N5S/c1-13-18-10-14(23-13)11-21-6-8-22(9-7-21)17-15-4-2-3-5-16(15)19-12-20-17/h10,12H,2-9,11H2,1H3. The van der Waals surface area contributed by atoms with E-state index < -0.39 is 0 Å². The van der Waals surface area contributed by atoms with E-state index >= 15 is 0 Å². The minimum Gasteiger partial charge on any atom is -0.354 e. The van der Waals surface area contributed by atoms with Gasteiger partial charge in [-0.05, 0) is 32.6 Å². The molecule has 2 aromatic rings. The summed E-state index contributed by atoms with van der Waals surface area (Å²) in [6, 6.07) is 0. The van der Waals surface area contributed by atoms with Crippen molar-refractivity contribution >= 4 is 17.2 Å². The van der Waals surface area contributed by atoms with Crippen molar-refractivity contribution in [1.29, 1.82) is 0 Å². The molecule has 4 rings (SSSR count). The summed E-state index contributed by atoms with van der Waals surface area (Å²) < 4.78 is 0. The molecule has 6 heteroatoms. The summed E-state index contributed by atoms with van der Waals surface area (Å²) in [6.45, 7) is 7.40. The number of hydrogen-bond donors (Lipinski definition) is 0. The topological polar surface area (TPSA) is 45.2 Å². The van der Waals surface area contributed by atoms with Crippen molar-refractivity contribution in [3.05, 3.63) is 33.7 Å². The van der Waals surface area contributed by atoms with Crippen molar-refractivity contribution in [1.82, 2.24) is 19.9 Å². The molecule has 1 aliphatic carbocycles. The molecular formula is C17H23N5S. The van der Waals surface area contributed by atoms with Crippen LogP contribution >= 0.6 is 11.3 Å². The van der Waals surface area contributed by atoms with E-state index in [-0.39, 0.29) is 0 Å². The molecule has 2 aliphatic rings. The molecule has 0 aromatic carbocycles. The molecule has 0 saturated carbocycles. The Kier molecular flexibility index (Phi) is 4.27. The van der Waals surface area contributed by atoms with Gasteiger partial charge >= 0.3 is 0 Å². The maximum absolute atomic E-state index is 4.62. The smallest absolute Gasteiger partial charge is 0.135 e. The van der Waals surface area contributed by atoms with Gasteiger partial charge in [0.15, 0.2) is 0 Å². The van der Waals surface area contributed by atoms with E-state index in [0.29, 0.717) is 0 Å². The van der Waals surface area contributed by atoms with Crippen molar-refractivity contribution in [2.24, 2.45) is 0 Å². The average molecular weight is 329 g/mol. The maximum Gasteiger partial charge on any atom is 0.135 e. The van der Waals surface area contributed by atoms with Gasteiger partial charge in [0.2, 0.25) is 0 Å². The fourth-order valence-corrected chi connectivity index (χ4v) is 4.43. The van der Waals surface area contributed by atoms with Gasteiger partial charge in [-0.1, -0.05) is 0 Å². The lowest BCUT2D eigenvalue weighted by Crippen LogP contribution is -2.46. The number of nitrogens with zero attached hydrogens (tertiary/aromatic N) is 5. The van der Waals surface area contributed by atoms with Gasteiger partial charge in [0, 0.05) is 55.1 Å². The van der Waals surface area contributed by atoms with Gasteiger partial charge in [0.25, 0.3) is 0 Å². The third kappa shape index (κ3) is 3.23. The molecule has 3 heterocycles. The predicted molar refractivity (Wildman–Crippen MR) is 93.0 cm³/mol. The Hall–Kier alpha value is -1.53. The highest BCUT2D eigenvalue weighted by molar-refractivity contribution is 7.11. The normalized spacial score (nSPS) is 18.9. The largest absolute Gasteiger partial charge is 0.354 e. The van der Waals surface area contributed by atoms with E-state index in [1.165, 1.54) is 34.8 Å². The van der Waals surface area contributed by atoms with Crippen LogP contribution in [-0.4, -0.2) is 46.0 Å². The third-order valence-corrected chi connectivity index (χ3v) is 5.72. The minimum atomic E-state index is 1.03. The van der Waals surface area contributed by atoms with E-state index in [4.69, 9.17) is 0 Å². The number of fused-ring (bicyclic) bond motifs is 1. The van der Waals surface area contributed by atoms with Crippen molar-refractivity contribution in [2.45, 2.75) is 39.2 Å². The second-order valence-electron chi connectivity index (χ2n) is 6.44. The van der Waals surface area contributed by atoms with Crippen LogP contribution in [0.25, 0.3) is 0 Å². The van der Waals surface area contributed by atoms with Crippen LogP contribution in [0.5, 0.6) is 0 Å². The van der Waals surface area contributed by atoms with E-state index in [9.17, 15) is 0 Å². The molecule has 0 unspecified atom stereocenters. The SMILES string of the molecule is Cc1ncc(CN2CCN(c3ncnc4c3CCCC4)CC2)s1. The van der Waals surface area contributed by atoms with Crippen LogP contribution in [0.2, 0.25) is 0 Å². The van der Waals surface area contributed by atoms with Crippen molar-refractivity contribution in [3.8, 4) is 0 Å². The predicted octanol–water partition coefficient (Wildman–Crippen LogP) is 2.44. The molecule has 122 valence electrons. The molecule has 5 nitrogen and oxygen atoms in total. The second kappa shape index (κ2) is 6.53. The number of aromatic nitrogens is 3. The second-order valence-corrected chi connectivity index (χ2v) is 7.76. The van der Waals surface area contributed by atoms with Crippen molar-refractivity contribution in [2.75, 3.05) is 31.1 Å². The summed E-state index contributed by atoms with van der Waals surface area (Å²) in [5.41, 5.74) is 2.69. The summed E-state index contributed by atoms with van der Waals surface area (Å²) in [5, 5.41) is 1.16. The number of aryl methyl sites for hydroxylation is 2. The summed E-state index contributed by atoms with van der Waals surface area (Å²) >= 11 is 1.81. The molecule has 1 saturated heterocycles. The zero-order valence-electron chi connectivity index (χ0n) is 13.7. The Morgan fingerprint density at radius 1 is 1.04 bits per heavy atom. The lowest BCUT2D eigenvalue weighted by Gasteiger charge is -2.36. The van der Waals surface area contributed by atoms with Gasteiger partial charge in [-0.25, -0.2) is 15.0 Å². The van der Waals surface area contributed by atoms with Gasteiger partial charge in [-0.2, -0.15) is 0 Å². The lowest BCUT2D eigenvalue weighted by atomic mass is 9.96. The van der Waals surface area contributed by atoms with Crippen LogP contribution in [0.4, 0.5) is 5.82 Å². The number of hydrogen-bond acceptors (Lipinski definition) is 6. The van der Waals surface area contributed by atoms with Gasteiger partial charge in [-0.15, -0.1) is 11.3 Å². The Morgan fingerprint density at radius 3 is 2.65 bits per heavy atom. The zero-order chi connectivity index (χ0) is 15.6. The van der Waals surface area contributed by atoms with Crippen molar-refractivity contribution in [3.63, 3.8) is 0 Å². The Labute approximate surface area is 141 Å². The Bertz CT molecular complexity index is 675. The molecular weight excluding hydrogens is 306 g/mol. The van der Waals surface area contributed by atoms with Crippen molar-refractivity contribution < 1.29 is 0 Å². The molecule has 23 heavy (non-hydrogen) atoms. The van der Waals surface area contributed by atoms with E-state index in [1.807, 2.05) is 17.5 Å². The maximum atomic E-state index is 4.62. The summed E-state index contributed by atoms with van der Waals surface area (Å²) in [7, 11) is 0. The van der Waals surface area contributed by atoms with Gasteiger partial charge in [-0.3, -0.25) is 4.90 Å². The van der Waals surface area contributed by atoms with E-state index in [1.54, 1.807) is 6.33 Å². The summed E-state index contributed by atoms with van der Waals surface area (Å²) in [4.78, 5) is 19.8. The molecule has 1 fully saturated rings. The minimum absolute atomic E-state index is 1.03. The van der Waals surface area contributed by atoms with Crippen LogP contribution < -0.4 is 4.90 Å². The summed E-state index contributed by atoms with van der Waals surface area (Å²) in [5.74, 6) is 1.20. The number of rotatable bonds is 3. The Balaban J connectivity index is 1.42. The molecule has 0 amide bonds. The van der Waals surface area contributed by atoms with Crippen LogP contribution in [0.3, 0.4) is 0 Å². The Morgan fingerprint density at radius 2 is 1.87 bits per heavy atom. The number of anilines is 1. The lowest BCUT2D eigenvalue weighted by molar-refractivity contribution is 0.251. The monoisotopic (exact) mass is 329 g/mol. The van der Waals surface area contributed by atoms with Crippen LogP contribution in [0.1, 0.15) is 34.0 Å². The quantitative estimate of drug-likeness (QED) is 0.865. The first-order valence-electron chi connectivity index (χ1n) is 8.51. The first-order chi connectivity index (χ1) is 11.3. The third-order valence-electron chi connectivity index (χ3n) is 4.82. The van der Waals surface area contributed by atoms with Crippen LogP contribution in [0, 0.1) is 6.92 Å². The highest BCUT2D eigenvalue weighted by Gasteiger charge is 2.23. The van der Waals surface area contributed by atoms with E-state index in [0.717, 1.165) is 50.6 Å². The fraction of sp³-hybridized carbons (Fsp3) is 0.588. The zero-order valence-corrected chi connectivity index (χ0v) is 14.5. The highest BCUT2D eigenvalue weighted by Crippen LogP contribution is 2.28. The van der Waals surface area contributed by atoms with Crippen LogP contribution in [0.15, 0.2) is 12.5 Å². The number of piperazine rings is 1. The average Bonchev–Trinajstić information content (AvgIpc) is 3.00. The fourth-order valence-electron chi connectivity index (χ4n) is 3.59. The first kappa shape index (κ1) is 15.0. The van der Waals surface area contributed by atoms with Gasteiger partial charge in [0.05, 0.1) is 5.01 Å². The molecule has 0 atom stereocenters. The molecule has 1 aliphatic heterocycles. The molecule has 2 aromatic heterocycles. The molecule has 0 bridgehead atoms. The molecule has 0 spiro atoms. The highest BCUT2D eigenvalue weighted by atomic mass is 32.1. The van der Waals surface area contributed by atoms with Crippen LogP contribution in [-0.2, 0) is 19.4 Å².